The zero-order valence-electron chi connectivity index (χ0n) is 9.20. The highest BCUT2D eigenvalue weighted by Gasteiger charge is 3.00. The lowest BCUT2D eigenvalue weighted by Crippen LogP contribution is -2.83. The van der Waals surface area contributed by atoms with Crippen molar-refractivity contribution in [2.45, 2.75) is 41.8 Å². The molecule has 1 nitrogen and oxygen atoms in total. The topological polar surface area (TPSA) is 9.23 Å². The lowest BCUT2D eigenvalue weighted by molar-refractivity contribution is -0.568. The molecule has 0 radical (unpaired) electrons. The third kappa shape index (κ3) is 1.76. The quantitative estimate of drug-likeness (QED) is 0.626. The highest BCUT2D eigenvalue weighted by molar-refractivity contribution is 5.20. The third-order valence-corrected chi connectivity index (χ3v) is 2.64. The maximum absolute atomic E-state index is 13.3. The lowest BCUT2D eigenvalue weighted by atomic mass is 9.82. The summed E-state index contributed by atoms with van der Waals surface area (Å²) in [5.41, 5.74) is -7.84. The first-order chi connectivity index (χ1) is 9.21. The van der Waals surface area contributed by atoms with Crippen molar-refractivity contribution < 1.29 is 66.2 Å². The third-order valence-electron chi connectivity index (χ3n) is 2.64. The van der Waals surface area contributed by atoms with Crippen LogP contribution in [0.5, 0.6) is 0 Å². The minimum absolute atomic E-state index is 1.56. The Labute approximate surface area is 109 Å². The summed E-state index contributed by atoms with van der Waals surface area (Å²) >= 11 is 0. The Bertz CT molecular complexity index is 462. The molecule has 0 aromatic rings. The van der Waals surface area contributed by atoms with Crippen LogP contribution < -0.4 is 0 Å². The first-order valence-electron chi connectivity index (χ1n) is 4.55. The van der Waals surface area contributed by atoms with Crippen molar-refractivity contribution in [3.8, 4) is 0 Å². The van der Waals surface area contributed by atoms with Gasteiger partial charge in [0.15, 0.2) is 0 Å². The standard InChI is InChI=1S/C7F14O/c8-1(3(11,12)5(15,16)17)2(9,10)4(13,14)7(20,21)22-6(1,18)19. The SMILES string of the molecule is FC(F)(F)C(F)(F)C1(F)C(F)(F)OC(F)(F)C(F)(F)C1(F)F. The highest BCUT2D eigenvalue weighted by Crippen LogP contribution is 2.68. The molecule has 0 spiro atoms. The van der Waals surface area contributed by atoms with E-state index in [1.165, 1.54) is 0 Å². The summed E-state index contributed by atoms with van der Waals surface area (Å²) < 4.78 is 177. The van der Waals surface area contributed by atoms with Gasteiger partial charge in [-0.2, -0.15) is 57.1 Å². The number of alkyl halides is 14. The number of halogens is 14. The summed E-state index contributed by atoms with van der Waals surface area (Å²) in [7, 11) is 0. The second-order valence-corrected chi connectivity index (χ2v) is 4.02. The molecule has 0 N–H and O–H groups in total. The smallest absolute Gasteiger partial charge is 0.247 e. The predicted molar refractivity (Wildman–Crippen MR) is 35.7 cm³/mol. The van der Waals surface area contributed by atoms with E-state index in [4.69, 9.17) is 0 Å². The van der Waals surface area contributed by atoms with E-state index in [0.717, 1.165) is 0 Å². The molecule has 1 aliphatic rings. The Kier molecular flexibility index (Phi) is 3.53. The van der Waals surface area contributed by atoms with Gasteiger partial charge in [-0.05, 0) is 0 Å². The second-order valence-electron chi connectivity index (χ2n) is 4.02. The van der Waals surface area contributed by atoms with Crippen LogP contribution in [0.2, 0.25) is 0 Å². The minimum Gasteiger partial charge on any atom is -0.247 e. The van der Waals surface area contributed by atoms with E-state index in [9.17, 15) is 61.5 Å². The molecule has 0 aromatic carbocycles. The van der Waals surface area contributed by atoms with Crippen LogP contribution in [0.15, 0.2) is 0 Å². The normalized spacial score (nSPS) is 33.5. The Morgan fingerprint density at radius 1 is 0.545 bits per heavy atom. The molecule has 0 bridgehead atoms. The zero-order valence-corrected chi connectivity index (χ0v) is 9.20. The highest BCUT2D eigenvalue weighted by atomic mass is 19.4. The van der Waals surface area contributed by atoms with Crippen molar-refractivity contribution in [3.05, 3.63) is 0 Å². The molecule has 0 aliphatic carbocycles. The van der Waals surface area contributed by atoms with Crippen LogP contribution in [0.25, 0.3) is 0 Å². The Morgan fingerprint density at radius 2 is 0.909 bits per heavy atom. The van der Waals surface area contributed by atoms with E-state index in [0.29, 0.717) is 0 Å². The van der Waals surface area contributed by atoms with Gasteiger partial charge in [-0.15, -0.1) is 0 Å². The average molecular weight is 366 g/mol. The minimum atomic E-state index is -7.87. The van der Waals surface area contributed by atoms with Gasteiger partial charge in [0.05, 0.1) is 0 Å². The molecular formula is C7F14O. The maximum Gasteiger partial charge on any atom is 0.457 e. The van der Waals surface area contributed by atoms with E-state index in [1.807, 2.05) is 0 Å². The fraction of sp³-hybridized carbons (Fsp3) is 1.00. The van der Waals surface area contributed by atoms with Gasteiger partial charge in [-0.25, -0.2) is 9.13 Å². The Morgan fingerprint density at radius 3 is 1.23 bits per heavy atom. The largest absolute Gasteiger partial charge is 0.457 e. The van der Waals surface area contributed by atoms with Crippen LogP contribution in [-0.2, 0) is 4.74 Å². The molecule has 15 heteroatoms. The summed E-state index contributed by atoms with van der Waals surface area (Å²) in [6, 6.07) is 0. The summed E-state index contributed by atoms with van der Waals surface area (Å²) in [5, 5.41) is 0. The van der Waals surface area contributed by atoms with Crippen molar-refractivity contribution in [1.29, 1.82) is 0 Å². The van der Waals surface area contributed by atoms with Gasteiger partial charge in [0.1, 0.15) is 0 Å². The van der Waals surface area contributed by atoms with Gasteiger partial charge in [0, 0.05) is 0 Å². The van der Waals surface area contributed by atoms with E-state index < -0.39 is 41.8 Å². The van der Waals surface area contributed by atoms with Crippen LogP contribution in [0.1, 0.15) is 0 Å². The van der Waals surface area contributed by atoms with Crippen LogP contribution in [0.4, 0.5) is 61.5 Å². The molecule has 22 heavy (non-hydrogen) atoms. The summed E-state index contributed by atoms with van der Waals surface area (Å²) in [6.45, 7) is 0. The van der Waals surface area contributed by atoms with Gasteiger partial charge < -0.3 is 0 Å². The van der Waals surface area contributed by atoms with Crippen LogP contribution in [-0.4, -0.2) is 41.8 Å². The van der Waals surface area contributed by atoms with Gasteiger partial charge in [-0.3, -0.25) is 0 Å². The van der Waals surface area contributed by atoms with E-state index >= 15 is 0 Å². The molecule has 1 heterocycles. The van der Waals surface area contributed by atoms with Crippen LogP contribution >= 0.6 is 0 Å². The van der Waals surface area contributed by atoms with E-state index in [2.05, 4.69) is 0 Å². The van der Waals surface area contributed by atoms with Crippen molar-refractivity contribution in [2.75, 3.05) is 0 Å². The average Bonchev–Trinajstić information content (AvgIpc) is 2.22. The molecule has 1 aliphatic heterocycles. The molecule has 1 atom stereocenters. The molecular weight excluding hydrogens is 366 g/mol. The summed E-state index contributed by atoms with van der Waals surface area (Å²) in [6.07, 6.45) is -21.8. The van der Waals surface area contributed by atoms with Crippen molar-refractivity contribution in [2.24, 2.45) is 0 Å². The molecule has 1 rings (SSSR count). The molecule has 1 fully saturated rings. The first kappa shape index (κ1) is 19.0. The number of hydrogen-bond donors (Lipinski definition) is 0. The van der Waals surface area contributed by atoms with Gasteiger partial charge in [0.2, 0.25) is 0 Å². The Balaban J connectivity index is 3.78. The van der Waals surface area contributed by atoms with E-state index in [-0.39, 0.29) is 0 Å². The molecule has 1 unspecified atom stereocenters. The number of hydrogen-bond acceptors (Lipinski definition) is 1. The Hall–Kier alpha value is -1.02. The van der Waals surface area contributed by atoms with Crippen molar-refractivity contribution in [1.82, 2.24) is 0 Å². The molecule has 1 saturated heterocycles. The fourth-order valence-corrected chi connectivity index (χ4v) is 1.45. The summed E-state index contributed by atoms with van der Waals surface area (Å²) in [4.78, 5) is 0. The van der Waals surface area contributed by atoms with Crippen molar-refractivity contribution in [3.63, 3.8) is 0 Å². The van der Waals surface area contributed by atoms with Crippen LogP contribution in [0, 0.1) is 0 Å². The predicted octanol–water partition coefficient (Wildman–Crippen LogP) is 4.38. The van der Waals surface area contributed by atoms with Gasteiger partial charge >= 0.3 is 41.8 Å². The summed E-state index contributed by atoms with van der Waals surface area (Å²) in [5.74, 6) is -23.2. The van der Waals surface area contributed by atoms with E-state index in [1.54, 1.807) is 4.74 Å². The molecule has 0 aromatic heterocycles. The van der Waals surface area contributed by atoms with Gasteiger partial charge in [-0.1, -0.05) is 0 Å². The monoisotopic (exact) mass is 366 g/mol. The molecule has 132 valence electrons. The van der Waals surface area contributed by atoms with Crippen LogP contribution in [0.3, 0.4) is 0 Å². The van der Waals surface area contributed by atoms with Crippen molar-refractivity contribution >= 4 is 0 Å². The zero-order chi connectivity index (χ0) is 18.2. The number of ether oxygens (including phenoxy) is 1. The fourth-order valence-electron chi connectivity index (χ4n) is 1.45. The molecule has 0 saturated carbocycles. The number of rotatable bonds is 1. The molecule has 0 amide bonds. The first-order valence-corrected chi connectivity index (χ1v) is 4.55. The van der Waals surface area contributed by atoms with Gasteiger partial charge in [0.25, 0.3) is 0 Å². The second kappa shape index (κ2) is 4.08. The lowest BCUT2D eigenvalue weighted by Gasteiger charge is -2.50. The maximum atomic E-state index is 13.3.